The van der Waals surface area contributed by atoms with E-state index >= 15 is 0 Å². The second-order valence-corrected chi connectivity index (χ2v) is 33.5. The molecule has 0 radical (unpaired) electrons. The molecule has 0 atom stereocenters. The van der Waals surface area contributed by atoms with Crippen molar-refractivity contribution in [2.24, 2.45) is 0 Å². The molecule has 4 heterocycles. The summed E-state index contributed by atoms with van der Waals surface area (Å²) in [5.41, 5.74) is 35.7. The van der Waals surface area contributed by atoms with E-state index in [0.29, 0.717) is 0 Å². The molecule has 4 aromatic heterocycles. The molecule has 0 N–H and O–H groups in total. The standard InChI is InChI=1S/C112H86N4O4/c1-64-27-30-70(7)101(43-64)115(102-44-65(2)28-31-71(102)8)87-41-37-79-54-91-95-61-96-92-55-80-38-42-88(51-84(80)59-108(92)120-112(96)63-111(95)119-107(91)58-83(79)50-87)116(103-45-66(3)29-32-72(103)9)104-47-75(34-33-73(104)10)46-76-22-18-26-100(74(76)11)114(99-25-17-14-21-69(99)6)86-40-36-78-53-90-94-60-93-89-52-77-35-39-85(113(97-23-15-12-19-67(97)4)98-24-16-13-20-68(98)5)48-81(77)56-105(89)117-109(93)62-110(94)118-106(90)57-82(78)49-86/h12-45,47-63H,46H2,1-11H3. The van der Waals surface area contributed by atoms with E-state index in [1.54, 1.807) is 0 Å². The predicted octanol–water partition coefficient (Wildman–Crippen LogP) is 32.8. The zero-order valence-electron chi connectivity index (χ0n) is 69.1. The number of benzene rings is 18. The molecule has 120 heavy (non-hydrogen) atoms. The Kier molecular flexibility index (Phi) is 16.7. The molecule has 8 heteroatoms. The highest BCUT2D eigenvalue weighted by molar-refractivity contribution is 6.21. The van der Waals surface area contributed by atoms with E-state index in [1.807, 2.05) is 0 Å². The number of anilines is 12. The van der Waals surface area contributed by atoms with Crippen LogP contribution in [0.25, 0.3) is 131 Å². The van der Waals surface area contributed by atoms with Crippen LogP contribution in [0.2, 0.25) is 0 Å². The van der Waals surface area contributed by atoms with Gasteiger partial charge in [0.1, 0.15) is 44.7 Å². The lowest BCUT2D eigenvalue weighted by Gasteiger charge is -2.30. The fraction of sp³-hybridized carbons (Fsp3) is 0.107. The zero-order chi connectivity index (χ0) is 81.2. The molecule has 0 unspecified atom stereocenters. The van der Waals surface area contributed by atoms with Crippen LogP contribution in [-0.2, 0) is 6.42 Å². The van der Waals surface area contributed by atoms with Gasteiger partial charge in [-0.15, -0.1) is 0 Å². The average Bonchev–Trinajstić information content (AvgIpc) is 1.58. The van der Waals surface area contributed by atoms with Crippen LogP contribution in [0.4, 0.5) is 68.2 Å². The second-order valence-electron chi connectivity index (χ2n) is 33.5. The van der Waals surface area contributed by atoms with E-state index in [-0.39, 0.29) is 0 Å². The first-order chi connectivity index (χ1) is 58.4. The molecule has 0 fully saturated rings. The van der Waals surface area contributed by atoms with Gasteiger partial charge in [-0.05, 0) is 356 Å². The molecule has 0 amide bonds. The van der Waals surface area contributed by atoms with Gasteiger partial charge in [-0.25, -0.2) is 0 Å². The van der Waals surface area contributed by atoms with Gasteiger partial charge in [-0.2, -0.15) is 0 Å². The highest BCUT2D eigenvalue weighted by atomic mass is 16.4. The van der Waals surface area contributed by atoms with E-state index < -0.39 is 0 Å². The number of aryl methyl sites for hydroxylation is 10. The van der Waals surface area contributed by atoms with Gasteiger partial charge in [0.25, 0.3) is 0 Å². The van der Waals surface area contributed by atoms with Crippen LogP contribution in [0.15, 0.2) is 327 Å². The summed E-state index contributed by atoms with van der Waals surface area (Å²) in [5.74, 6) is 0. The van der Waals surface area contributed by atoms with Crippen LogP contribution >= 0.6 is 0 Å². The first-order valence-corrected chi connectivity index (χ1v) is 41.6. The molecule has 0 aliphatic heterocycles. The predicted molar refractivity (Wildman–Crippen MR) is 506 cm³/mol. The Balaban J connectivity index is 0.574. The smallest absolute Gasteiger partial charge is 0.139 e. The molecule has 0 bridgehead atoms. The van der Waals surface area contributed by atoms with Crippen LogP contribution in [0.5, 0.6) is 0 Å². The minimum Gasteiger partial charge on any atom is -0.456 e. The third-order valence-electron chi connectivity index (χ3n) is 25.4. The average molecular weight is 1550 g/mol. The third-order valence-corrected chi connectivity index (χ3v) is 25.4. The summed E-state index contributed by atoms with van der Waals surface area (Å²) in [6, 6.07) is 114. The lowest BCUT2D eigenvalue weighted by Crippen LogP contribution is -2.14. The zero-order valence-corrected chi connectivity index (χ0v) is 69.1. The topological polar surface area (TPSA) is 65.5 Å². The quantitative estimate of drug-likeness (QED) is 0.107. The van der Waals surface area contributed by atoms with Gasteiger partial charge in [0.05, 0.1) is 0 Å². The summed E-state index contributed by atoms with van der Waals surface area (Å²) in [6.07, 6.45) is 0.721. The Morgan fingerprint density at radius 1 is 0.192 bits per heavy atom. The van der Waals surface area contributed by atoms with Crippen molar-refractivity contribution in [3.05, 3.63) is 382 Å². The number of rotatable bonds is 14. The van der Waals surface area contributed by atoms with Gasteiger partial charge in [0.15, 0.2) is 0 Å². The summed E-state index contributed by atoms with van der Waals surface area (Å²) in [5, 5.41) is 17.5. The number of furan rings is 4. The lowest BCUT2D eigenvalue weighted by molar-refractivity contribution is 0.656. The Morgan fingerprint density at radius 2 is 0.467 bits per heavy atom. The van der Waals surface area contributed by atoms with Crippen molar-refractivity contribution in [1.82, 2.24) is 0 Å². The second kappa shape index (κ2) is 27.8. The van der Waals surface area contributed by atoms with Crippen LogP contribution < -0.4 is 19.6 Å². The highest BCUT2D eigenvalue weighted by Gasteiger charge is 2.27. The van der Waals surface area contributed by atoms with Crippen molar-refractivity contribution in [2.75, 3.05) is 19.6 Å². The summed E-state index contributed by atoms with van der Waals surface area (Å²) in [7, 11) is 0. The van der Waals surface area contributed by atoms with Gasteiger partial charge < -0.3 is 37.3 Å². The van der Waals surface area contributed by atoms with Crippen LogP contribution in [0.3, 0.4) is 0 Å². The molecule has 8 nitrogen and oxygen atoms in total. The Bertz CT molecular complexity index is 7990. The maximum atomic E-state index is 6.89. The van der Waals surface area contributed by atoms with Gasteiger partial charge >= 0.3 is 0 Å². The van der Waals surface area contributed by atoms with Gasteiger partial charge in [0.2, 0.25) is 0 Å². The number of hydrogen-bond acceptors (Lipinski definition) is 8. The van der Waals surface area contributed by atoms with Crippen molar-refractivity contribution >= 4 is 199 Å². The lowest BCUT2D eigenvalue weighted by atomic mass is 9.96. The van der Waals surface area contributed by atoms with Gasteiger partial charge in [-0.1, -0.05) is 140 Å². The normalized spacial score (nSPS) is 12.0. The number of para-hydroxylation sites is 3. The van der Waals surface area contributed by atoms with E-state index in [9.17, 15) is 0 Å². The maximum absolute atomic E-state index is 6.89. The van der Waals surface area contributed by atoms with Crippen molar-refractivity contribution in [3.63, 3.8) is 0 Å². The van der Waals surface area contributed by atoms with E-state index in [0.717, 1.165) is 194 Å². The molecule has 0 spiro atoms. The molecule has 0 saturated carbocycles. The summed E-state index contributed by atoms with van der Waals surface area (Å²) in [6.45, 7) is 24.2. The van der Waals surface area contributed by atoms with Crippen molar-refractivity contribution in [2.45, 2.75) is 82.6 Å². The van der Waals surface area contributed by atoms with E-state index in [1.165, 1.54) is 83.7 Å². The fourth-order valence-corrected chi connectivity index (χ4v) is 18.9. The van der Waals surface area contributed by atoms with E-state index in [2.05, 4.69) is 405 Å². The molecular formula is C112H86N4O4. The number of fused-ring (bicyclic) bond motifs is 16. The van der Waals surface area contributed by atoms with Crippen molar-refractivity contribution in [3.8, 4) is 0 Å². The first kappa shape index (κ1) is 71.9. The molecule has 22 rings (SSSR count). The maximum Gasteiger partial charge on any atom is 0.139 e. The van der Waals surface area contributed by atoms with Crippen LogP contribution in [0.1, 0.15) is 72.3 Å². The Labute approximate surface area is 696 Å². The Hall–Kier alpha value is -14.6. The summed E-state index contributed by atoms with van der Waals surface area (Å²) in [4.78, 5) is 9.69. The molecular weight excluding hydrogens is 1470 g/mol. The molecule has 18 aromatic carbocycles. The van der Waals surface area contributed by atoms with Crippen LogP contribution in [0, 0.1) is 76.2 Å². The third kappa shape index (κ3) is 12.0. The minimum absolute atomic E-state index is 0.721. The molecule has 22 aromatic rings. The summed E-state index contributed by atoms with van der Waals surface area (Å²) >= 11 is 0. The first-order valence-electron chi connectivity index (χ1n) is 41.6. The molecule has 0 aliphatic carbocycles. The fourth-order valence-electron chi connectivity index (χ4n) is 18.9. The van der Waals surface area contributed by atoms with Crippen molar-refractivity contribution in [1.29, 1.82) is 0 Å². The van der Waals surface area contributed by atoms with Gasteiger partial charge in [-0.3, -0.25) is 0 Å². The molecule has 0 aliphatic rings. The molecule has 578 valence electrons. The minimum atomic E-state index is 0.721. The highest BCUT2D eigenvalue weighted by Crippen LogP contribution is 2.50. The number of nitrogens with zero attached hydrogens (tertiary/aromatic N) is 4. The van der Waals surface area contributed by atoms with E-state index in [4.69, 9.17) is 17.7 Å². The summed E-state index contributed by atoms with van der Waals surface area (Å²) < 4.78 is 27.3. The number of hydrogen-bond donors (Lipinski definition) is 0. The largest absolute Gasteiger partial charge is 0.456 e. The molecule has 0 saturated heterocycles. The van der Waals surface area contributed by atoms with Crippen molar-refractivity contribution < 1.29 is 17.7 Å². The van der Waals surface area contributed by atoms with Crippen LogP contribution in [-0.4, -0.2) is 0 Å². The monoisotopic (exact) mass is 1550 g/mol. The SMILES string of the molecule is Cc1ccc(C)c(N(c2ccc3cc4c(cc3c2)oc2cc3oc5cc6cc(N(c7cc(C)ccc7C)c7cc(Cc8cccc(N(c9ccc%10cc%11c(cc%10c9)oc9cc%10oc%12cc%13cc(N(c%14ccccc%14C)c%14ccccc%14C)ccc%13cc%12c%10cc9%11)c9ccccc9C)c8C)ccc7C)ccc6cc5c3cc24)c2cc(C)ccc2C)c1. The van der Waals surface area contributed by atoms with Gasteiger partial charge in [0, 0.05) is 123 Å². The Morgan fingerprint density at radius 3 is 0.808 bits per heavy atom.